The first-order valence-corrected chi connectivity index (χ1v) is 10.3. The molecule has 7 nitrogen and oxygen atoms in total. The van der Waals surface area contributed by atoms with Gasteiger partial charge >= 0.3 is 12.1 Å². The van der Waals surface area contributed by atoms with Gasteiger partial charge in [-0.2, -0.15) is 0 Å². The van der Waals surface area contributed by atoms with Crippen LogP contribution < -0.4 is 10.7 Å². The van der Waals surface area contributed by atoms with Crippen molar-refractivity contribution in [3.05, 3.63) is 70.4 Å². The number of ether oxygens (including phenoxy) is 1. The van der Waals surface area contributed by atoms with Gasteiger partial charge in [-0.05, 0) is 61.4 Å². The van der Waals surface area contributed by atoms with Crippen LogP contribution in [0.25, 0.3) is 32.6 Å². The molecular weight excluding hydrogens is 408 g/mol. The number of aromatic nitrogens is 1. The minimum absolute atomic E-state index is 0.0136. The van der Waals surface area contributed by atoms with Crippen LogP contribution in [0.15, 0.2) is 59.4 Å². The van der Waals surface area contributed by atoms with Crippen LogP contribution in [0.2, 0.25) is 0 Å². The van der Waals surface area contributed by atoms with Gasteiger partial charge in [0.05, 0.1) is 5.52 Å². The number of rotatable bonds is 4. The van der Waals surface area contributed by atoms with Crippen molar-refractivity contribution < 1.29 is 19.4 Å². The van der Waals surface area contributed by atoms with Gasteiger partial charge in [-0.1, -0.05) is 30.3 Å². The molecule has 1 atom stereocenters. The zero-order chi connectivity index (χ0) is 23.0. The average molecular weight is 432 g/mol. The zero-order valence-electron chi connectivity index (χ0n) is 18.1. The van der Waals surface area contributed by atoms with E-state index < -0.39 is 23.7 Å². The molecule has 4 aromatic rings. The molecule has 0 aliphatic rings. The molecule has 0 unspecified atom stereocenters. The number of H-pyrrole nitrogens is 1. The highest BCUT2D eigenvalue weighted by molar-refractivity contribution is 6.01. The molecule has 0 spiro atoms. The second kappa shape index (κ2) is 8.00. The monoisotopic (exact) mass is 432 g/mol. The van der Waals surface area contributed by atoms with Crippen molar-refractivity contribution >= 4 is 44.6 Å². The maximum Gasteiger partial charge on any atom is 0.408 e. The number of carbonyl (C=O) groups excluding carboxylic acids is 1. The molecule has 0 aliphatic carbocycles. The summed E-state index contributed by atoms with van der Waals surface area (Å²) in [7, 11) is 0. The molecule has 0 bridgehead atoms. The van der Waals surface area contributed by atoms with Crippen molar-refractivity contribution in [1.82, 2.24) is 10.3 Å². The maximum atomic E-state index is 13.2. The highest BCUT2D eigenvalue weighted by atomic mass is 16.6. The molecule has 0 fully saturated rings. The molecule has 3 aromatic carbocycles. The normalized spacial score (nSPS) is 12.7. The van der Waals surface area contributed by atoms with E-state index in [1.165, 1.54) is 0 Å². The summed E-state index contributed by atoms with van der Waals surface area (Å²) < 4.78 is 5.16. The first-order chi connectivity index (χ1) is 15.1. The second-order valence-electron chi connectivity index (χ2n) is 8.82. The van der Waals surface area contributed by atoms with Crippen LogP contribution >= 0.6 is 0 Å². The van der Waals surface area contributed by atoms with Crippen LogP contribution in [0.3, 0.4) is 0 Å². The number of carboxylic acid groups (broad SMARTS) is 1. The van der Waals surface area contributed by atoms with E-state index in [0.717, 1.165) is 16.3 Å². The number of pyridine rings is 1. The van der Waals surface area contributed by atoms with Gasteiger partial charge in [0.2, 0.25) is 0 Å². The van der Waals surface area contributed by atoms with Gasteiger partial charge in [0.1, 0.15) is 11.6 Å². The Morgan fingerprint density at radius 2 is 1.66 bits per heavy atom. The van der Waals surface area contributed by atoms with Crippen LogP contribution in [0, 0.1) is 0 Å². The van der Waals surface area contributed by atoms with Crippen LogP contribution in [0.5, 0.6) is 0 Å². The summed E-state index contributed by atoms with van der Waals surface area (Å²) in [4.78, 5) is 40.2. The van der Waals surface area contributed by atoms with Gasteiger partial charge in [-0.25, -0.2) is 9.59 Å². The van der Waals surface area contributed by atoms with Crippen molar-refractivity contribution in [2.75, 3.05) is 0 Å². The maximum absolute atomic E-state index is 13.2. The van der Waals surface area contributed by atoms with E-state index >= 15 is 0 Å². The SMILES string of the molecule is CC(C)(C)OC(=O)N[C@@H](Cc1ccc2[nH]c3cc4ccccc4cc3c(=O)c2c1)C(=O)O. The van der Waals surface area contributed by atoms with Gasteiger partial charge in [-0.3, -0.25) is 4.79 Å². The van der Waals surface area contributed by atoms with Crippen LogP contribution in [0.1, 0.15) is 26.3 Å². The summed E-state index contributed by atoms with van der Waals surface area (Å²) in [6.07, 6.45) is -0.791. The molecule has 0 saturated heterocycles. The van der Waals surface area contributed by atoms with E-state index in [1.807, 2.05) is 36.4 Å². The van der Waals surface area contributed by atoms with Crippen molar-refractivity contribution in [2.24, 2.45) is 0 Å². The molecule has 0 saturated carbocycles. The Labute approximate surface area is 184 Å². The van der Waals surface area contributed by atoms with Gasteiger partial charge < -0.3 is 20.1 Å². The Bertz CT molecular complexity index is 1420. The predicted molar refractivity (Wildman–Crippen MR) is 124 cm³/mol. The standard InChI is InChI=1S/C25H24N2O5/c1-25(2,3)32-24(31)27-21(23(29)30)11-14-8-9-19-17(10-14)22(28)18-12-15-6-4-5-7-16(15)13-20(18)26-19/h4-10,12-13,21H,11H2,1-3H3,(H,26,28)(H,27,31)(H,29,30)/t21-/m0/s1. The lowest BCUT2D eigenvalue weighted by atomic mass is 10.0. The van der Waals surface area contributed by atoms with Crippen LogP contribution in [0.4, 0.5) is 4.79 Å². The smallest absolute Gasteiger partial charge is 0.408 e. The number of nitrogens with one attached hydrogen (secondary N) is 2. The molecule has 7 heteroatoms. The molecule has 0 aliphatic heterocycles. The lowest BCUT2D eigenvalue weighted by Crippen LogP contribution is -2.44. The molecule has 3 N–H and O–H groups in total. The minimum Gasteiger partial charge on any atom is -0.480 e. The highest BCUT2D eigenvalue weighted by Gasteiger charge is 2.24. The lowest BCUT2D eigenvalue weighted by molar-refractivity contribution is -0.139. The quantitative estimate of drug-likeness (QED) is 0.415. The summed E-state index contributed by atoms with van der Waals surface area (Å²) in [5.74, 6) is -1.19. The number of benzene rings is 3. The van der Waals surface area contributed by atoms with Gasteiger partial charge in [0.25, 0.3) is 0 Å². The number of hydrogen-bond acceptors (Lipinski definition) is 4. The van der Waals surface area contributed by atoms with Gasteiger partial charge in [0.15, 0.2) is 5.43 Å². The van der Waals surface area contributed by atoms with E-state index in [0.29, 0.717) is 21.9 Å². The number of carbonyl (C=O) groups is 2. The number of fused-ring (bicyclic) bond motifs is 3. The Balaban J connectivity index is 1.70. The summed E-state index contributed by atoms with van der Waals surface area (Å²) in [5, 5.41) is 15.0. The zero-order valence-corrected chi connectivity index (χ0v) is 18.1. The lowest BCUT2D eigenvalue weighted by Gasteiger charge is -2.22. The fraction of sp³-hybridized carbons (Fsp3) is 0.240. The van der Waals surface area contributed by atoms with E-state index in [2.05, 4.69) is 10.3 Å². The fourth-order valence-corrected chi connectivity index (χ4v) is 3.72. The molecule has 1 aromatic heterocycles. The Hall–Kier alpha value is -3.87. The van der Waals surface area contributed by atoms with Crippen molar-refractivity contribution in [3.63, 3.8) is 0 Å². The van der Waals surface area contributed by atoms with Crippen molar-refractivity contribution in [1.29, 1.82) is 0 Å². The largest absolute Gasteiger partial charge is 0.480 e. The highest BCUT2D eigenvalue weighted by Crippen LogP contribution is 2.22. The topological polar surface area (TPSA) is 108 Å². The first-order valence-electron chi connectivity index (χ1n) is 10.3. The minimum atomic E-state index is -1.19. The number of carboxylic acids is 1. The number of amides is 1. The van der Waals surface area contributed by atoms with Crippen molar-refractivity contribution in [3.8, 4) is 0 Å². The summed E-state index contributed by atoms with van der Waals surface area (Å²) in [6, 6.07) is 15.6. The number of alkyl carbamates (subject to hydrolysis) is 1. The van der Waals surface area contributed by atoms with Crippen molar-refractivity contribution in [2.45, 2.75) is 38.8 Å². The number of hydrogen-bond donors (Lipinski definition) is 3. The third-order valence-electron chi connectivity index (χ3n) is 5.16. The van der Waals surface area contributed by atoms with E-state index in [-0.39, 0.29) is 11.8 Å². The summed E-state index contributed by atoms with van der Waals surface area (Å²) in [6.45, 7) is 5.10. The summed E-state index contributed by atoms with van der Waals surface area (Å²) >= 11 is 0. The third-order valence-corrected chi connectivity index (χ3v) is 5.16. The molecule has 1 amide bonds. The van der Waals surface area contributed by atoms with Gasteiger partial charge in [-0.15, -0.1) is 0 Å². The summed E-state index contributed by atoms with van der Waals surface area (Å²) in [5.41, 5.74) is 1.15. The molecule has 32 heavy (non-hydrogen) atoms. The van der Waals surface area contributed by atoms with Crippen LogP contribution in [-0.4, -0.2) is 33.8 Å². The fourth-order valence-electron chi connectivity index (χ4n) is 3.72. The average Bonchev–Trinajstić information content (AvgIpc) is 2.71. The number of aromatic amines is 1. The molecule has 4 rings (SSSR count). The third kappa shape index (κ3) is 4.42. The second-order valence-corrected chi connectivity index (χ2v) is 8.82. The predicted octanol–water partition coefficient (Wildman–Crippen LogP) is 4.35. The van der Waals surface area contributed by atoms with E-state index in [9.17, 15) is 19.5 Å². The molecule has 1 heterocycles. The molecular formula is C25H24N2O5. The Kier molecular flexibility index (Phi) is 5.34. The Morgan fingerprint density at radius 1 is 1.00 bits per heavy atom. The van der Waals surface area contributed by atoms with Crippen LogP contribution in [-0.2, 0) is 16.0 Å². The number of aliphatic carboxylic acids is 1. The first kappa shape index (κ1) is 21.4. The van der Waals surface area contributed by atoms with E-state index in [4.69, 9.17) is 4.74 Å². The molecule has 164 valence electrons. The van der Waals surface area contributed by atoms with E-state index in [1.54, 1.807) is 39.0 Å². The van der Waals surface area contributed by atoms with Gasteiger partial charge in [0, 0.05) is 22.7 Å². The Morgan fingerprint density at radius 3 is 2.31 bits per heavy atom. The molecule has 0 radical (unpaired) electrons.